The first-order chi connectivity index (χ1) is 9.88. The third-order valence-electron chi connectivity index (χ3n) is 3.21. The molecule has 0 spiro atoms. The summed E-state index contributed by atoms with van der Waals surface area (Å²) in [6.45, 7) is 3.98. The number of nitrogens with zero attached hydrogens (tertiary/aromatic N) is 3. The van der Waals surface area contributed by atoms with Gasteiger partial charge in [-0.2, -0.15) is 5.10 Å². The van der Waals surface area contributed by atoms with Crippen LogP contribution in [0.5, 0.6) is 0 Å². The average Bonchev–Trinajstić information content (AvgIpc) is 2.74. The van der Waals surface area contributed by atoms with E-state index >= 15 is 0 Å². The van der Waals surface area contributed by atoms with E-state index in [0.29, 0.717) is 5.92 Å². The van der Waals surface area contributed by atoms with Gasteiger partial charge in [0.15, 0.2) is 0 Å². The molecule has 0 radical (unpaired) electrons. The maximum Gasteiger partial charge on any atom is 0.301 e. The number of benzene rings is 1. The molecule has 1 aromatic rings. The van der Waals surface area contributed by atoms with Crippen molar-refractivity contribution < 1.29 is 9.85 Å². The van der Waals surface area contributed by atoms with E-state index in [4.69, 9.17) is 0 Å². The lowest BCUT2D eigenvalue weighted by molar-refractivity contribution is -0.393. The highest BCUT2D eigenvalue weighted by Crippen LogP contribution is 2.29. The van der Waals surface area contributed by atoms with Crippen LogP contribution >= 0.6 is 0 Å². The molecule has 0 saturated carbocycles. The molecule has 8 nitrogen and oxygen atoms in total. The molecule has 1 unspecified atom stereocenters. The molecule has 1 N–H and O–H groups in total. The highest BCUT2D eigenvalue weighted by atomic mass is 16.6. The summed E-state index contributed by atoms with van der Waals surface area (Å²) < 4.78 is 0. The van der Waals surface area contributed by atoms with Gasteiger partial charge in [0.2, 0.25) is 0 Å². The molecule has 0 saturated heterocycles. The second-order valence-electron chi connectivity index (χ2n) is 4.92. The van der Waals surface area contributed by atoms with E-state index in [9.17, 15) is 20.2 Å². The summed E-state index contributed by atoms with van der Waals surface area (Å²) in [5.74, 6) is 0.386. The molecule has 1 aromatic carbocycles. The lowest BCUT2D eigenvalue weighted by atomic mass is 10.1. The first kappa shape index (κ1) is 14.6. The molecule has 1 aliphatic rings. The topological polar surface area (TPSA) is 111 Å². The molecule has 0 aliphatic heterocycles. The molecule has 1 aliphatic carbocycles. The molecular formula is C13H14N4O4. The van der Waals surface area contributed by atoms with Crippen LogP contribution in [0.2, 0.25) is 0 Å². The highest BCUT2D eigenvalue weighted by molar-refractivity contribution is 6.02. The minimum absolute atomic E-state index is 0.130. The Hall–Kier alpha value is -2.77. The number of hydrogen-bond donors (Lipinski definition) is 1. The largest absolute Gasteiger partial charge is 0.301 e. The van der Waals surface area contributed by atoms with E-state index in [0.717, 1.165) is 23.8 Å². The Morgan fingerprint density at radius 1 is 1.29 bits per heavy atom. The van der Waals surface area contributed by atoms with Crippen LogP contribution in [0.15, 0.2) is 34.9 Å². The molecule has 1 atom stereocenters. The lowest BCUT2D eigenvalue weighted by Crippen LogP contribution is -2.03. The van der Waals surface area contributed by atoms with Crippen molar-refractivity contribution in [2.24, 2.45) is 11.0 Å². The molecule has 0 bridgehead atoms. The number of rotatable bonds is 4. The van der Waals surface area contributed by atoms with Crippen LogP contribution in [0.4, 0.5) is 17.1 Å². The summed E-state index contributed by atoms with van der Waals surface area (Å²) in [6.07, 6.45) is 2.84. The Morgan fingerprint density at radius 3 is 2.52 bits per heavy atom. The van der Waals surface area contributed by atoms with Crippen LogP contribution in [-0.2, 0) is 0 Å². The zero-order valence-electron chi connectivity index (χ0n) is 11.6. The molecule has 0 amide bonds. The van der Waals surface area contributed by atoms with Gasteiger partial charge < -0.3 is 0 Å². The number of nitro benzene ring substituents is 2. The Labute approximate surface area is 120 Å². The average molecular weight is 290 g/mol. The van der Waals surface area contributed by atoms with Gasteiger partial charge in [-0.3, -0.25) is 25.7 Å². The van der Waals surface area contributed by atoms with Gasteiger partial charge in [-0.05, 0) is 30.9 Å². The highest BCUT2D eigenvalue weighted by Gasteiger charge is 2.20. The van der Waals surface area contributed by atoms with Gasteiger partial charge in [0.1, 0.15) is 5.69 Å². The van der Waals surface area contributed by atoms with Crippen LogP contribution in [-0.4, -0.2) is 15.6 Å². The standard InChI is InChI=1S/C13H14N4O4/c1-8-5-9(2)12(6-8)15-14-11-4-3-10(16(18)19)7-13(11)17(20)21/h3-5,7-8,14H,6H2,1-2H3/b15-12+. The number of nitrogens with one attached hydrogen (secondary N) is 1. The summed E-state index contributed by atoms with van der Waals surface area (Å²) in [7, 11) is 0. The van der Waals surface area contributed by atoms with E-state index < -0.39 is 9.85 Å². The van der Waals surface area contributed by atoms with Crippen molar-refractivity contribution in [3.63, 3.8) is 0 Å². The van der Waals surface area contributed by atoms with Crippen molar-refractivity contribution in [3.05, 3.63) is 50.1 Å². The molecule has 2 rings (SSSR count). The maximum absolute atomic E-state index is 11.0. The van der Waals surface area contributed by atoms with Gasteiger partial charge >= 0.3 is 5.69 Å². The predicted octanol–water partition coefficient (Wildman–Crippen LogP) is 3.26. The van der Waals surface area contributed by atoms with E-state index in [1.165, 1.54) is 12.1 Å². The molecule has 21 heavy (non-hydrogen) atoms. The van der Waals surface area contributed by atoms with Crippen molar-refractivity contribution in [3.8, 4) is 0 Å². The maximum atomic E-state index is 11.0. The monoisotopic (exact) mass is 290 g/mol. The van der Waals surface area contributed by atoms with Crippen LogP contribution in [0, 0.1) is 26.1 Å². The molecule has 0 fully saturated rings. The smallest absolute Gasteiger partial charge is 0.271 e. The van der Waals surface area contributed by atoms with Gasteiger partial charge in [0, 0.05) is 6.07 Å². The van der Waals surface area contributed by atoms with Crippen molar-refractivity contribution in [2.45, 2.75) is 20.3 Å². The number of hydrazone groups is 1. The van der Waals surface area contributed by atoms with Crippen LogP contribution in [0.3, 0.4) is 0 Å². The van der Waals surface area contributed by atoms with Crippen molar-refractivity contribution in [1.29, 1.82) is 0 Å². The van der Waals surface area contributed by atoms with E-state index in [1.807, 2.05) is 6.92 Å². The zero-order valence-corrected chi connectivity index (χ0v) is 11.6. The Morgan fingerprint density at radius 2 is 2.00 bits per heavy atom. The summed E-state index contributed by atoms with van der Waals surface area (Å²) in [6, 6.07) is 3.41. The van der Waals surface area contributed by atoms with Crippen LogP contribution < -0.4 is 5.43 Å². The SMILES string of the molecule is CC1=CC(C)C/C1=N\Nc1ccc([N+](=O)[O-])cc1[N+](=O)[O-]. The molecular weight excluding hydrogens is 276 g/mol. The number of allylic oxidation sites excluding steroid dienone is 2. The first-order valence-corrected chi connectivity index (χ1v) is 6.32. The van der Waals surface area contributed by atoms with Crippen LogP contribution in [0.25, 0.3) is 0 Å². The summed E-state index contributed by atoms with van der Waals surface area (Å²) in [5.41, 5.74) is 3.92. The van der Waals surface area contributed by atoms with E-state index in [2.05, 4.69) is 23.5 Å². The molecule has 110 valence electrons. The van der Waals surface area contributed by atoms with Crippen molar-refractivity contribution in [2.75, 3.05) is 5.43 Å². The van der Waals surface area contributed by atoms with Gasteiger partial charge in [0.25, 0.3) is 5.69 Å². The fourth-order valence-electron chi connectivity index (χ4n) is 2.19. The van der Waals surface area contributed by atoms with E-state index in [1.54, 1.807) is 0 Å². The first-order valence-electron chi connectivity index (χ1n) is 6.32. The zero-order chi connectivity index (χ0) is 15.6. The van der Waals surface area contributed by atoms with Gasteiger partial charge in [-0.15, -0.1) is 0 Å². The van der Waals surface area contributed by atoms with Crippen molar-refractivity contribution >= 4 is 22.8 Å². The fraction of sp³-hybridized carbons (Fsp3) is 0.308. The summed E-state index contributed by atoms with van der Waals surface area (Å²) in [5, 5.41) is 25.8. The molecule has 0 heterocycles. The second-order valence-corrected chi connectivity index (χ2v) is 4.92. The molecule has 8 heteroatoms. The summed E-state index contributed by atoms with van der Waals surface area (Å²) >= 11 is 0. The van der Waals surface area contributed by atoms with Gasteiger partial charge in [-0.25, -0.2) is 0 Å². The number of non-ortho nitro benzene ring substituents is 1. The lowest BCUT2D eigenvalue weighted by Gasteiger charge is -2.04. The minimum Gasteiger partial charge on any atom is -0.271 e. The normalized spacial score (nSPS) is 19.4. The third kappa shape index (κ3) is 3.22. The quantitative estimate of drug-likeness (QED) is 0.675. The third-order valence-corrected chi connectivity index (χ3v) is 3.21. The number of nitro groups is 2. The Balaban J connectivity index is 2.28. The predicted molar refractivity (Wildman–Crippen MR) is 78.3 cm³/mol. The Bertz CT molecular complexity index is 666. The number of hydrogen-bond acceptors (Lipinski definition) is 6. The van der Waals surface area contributed by atoms with Gasteiger partial charge in [0.05, 0.1) is 21.6 Å². The summed E-state index contributed by atoms with van der Waals surface area (Å²) in [4.78, 5) is 20.3. The number of anilines is 1. The van der Waals surface area contributed by atoms with Crippen molar-refractivity contribution in [1.82, 2.24) is 0 Å². The molecule has 0 aromatic heterocycles. The minimum atomic E-state index is -0.672. The van der Waals surface area contributed by atoms with Gasteiger partial charge in [-0.1, -0.05) is 13.0 Å². The van der Waals surface area contributed by atoms with Crippen LogP contribution in [0.1, 0.15) is 20.3 Å². The Kier molecular flexibility index (Phi) is 3.97. The second kappa shape index (κ2) is 5.70. The fourth-order valence-corrected chi connectivity index (χ4v) is 2.19. The van der Waals surface area contributed by atoms with E-state index in [-0.39, 0.29) is 17.1 Å².